The summed E-state index contributed by atoms with van der Waals surface area (Å²) in [5, 5.41) is 10.7. The zero-order valence-corrected chi connectivity index (χ0v) is 5.93. The molecular formula is C4H4BrNO3. The van der Waals surface area contributed by atoms with Crippen LogP contribution in [0.3, 0.4) is 0 Å². The molecule has 0 unspecified atom stereocenters. The number of hydrogen-bond acceptors (Lipinski definition) is 3. The van der Waals surface area contributed by atoms with E-state index in [4.69, 9.17) is 5.11 Å². The minimum atomic E-state index is -0.501. The largest absolute Gasteiger partial charge is 0.390 e. The lowest BCUT2D eigenvalue weighted by atomic mass is 10.5. The zero-order chi connectivity index (χ0) is 6.85. The quantitative estimate of drug-likeness (QED) is 0.671. The van der Waals surface area contributed by atoms with Gasteiger partial charge in [-0.1, -0.05) is 0 Å². The molecule has 0 atom stereocenters. The lowest BCUT2D eigenvalue weighted by molar-refractivity contribution is 0.265. The Hall–Kier alpha value is -0.550. The topological polar surface area (TPSA) is 66.2 Å². The predicted octanol–water partition coefficient (Wildman–Crippen LogP) is 0.223. The highest BCUT2D eigenvalue weighted by Crippen LogP contribution is 2.07. The van der Waals surface area contributed by atoms with Crippen LogP contribution in [0.2, 0.25) is 0 Å². The number of nitrogens with one attached hydrogen (secondary N) is 1. The van der Waals surface area contributed by atoms with Crippen LogP contribution in [0.25, 0.3) is 0 Å². The molecule has 50 valence electrons. The van der Waals surface area contributed by atoms with Gasteiger partial charge in [-0.05, 0) is 15.9 Å². The Labute approximate surface area is 58.6 Å². The minimum Gasteiger partial charge on any atom is -0.390 e. The van der Waals surface area contributed by atoms with Crippen molar-refractivity contribution in [1.82, 2.24) is 5.16 Å². The first-order valence-corrected chi connectivity index (χ1v) is 3.01. The third-order valence-corrected chi connectivity index (χ3v) is 1.67. The van der Waals surface area contributed by atoms with E-state index in [9.17, 15) is 4.79 Å². The van der Waals surface area contributed by atoms with Crippen molar-refractivity contribution in [2.75, 3.05) is 0 Å². The molecule has 0 fully saturated rings. The third-order valence-electron chi connectivity index (χ3n) is 0.869. The number of H-pyrrole nitrogens is 1. The molecule has 0 aliphatic rings. The van der Waals surface area contributed by atoms with Gasteiger partial charge in [-0.15, -0.1) is 0 Å². The van der Waals surface area contributed by atoms with Crippen LogP contribution in [0.5, 0.6) is 0 Å². The van der Waals surface area contributed by atoms with E-state index in [1.165, 1.54) is 0 Å². The lowest BCUT2D eigenvalue weighted by Crippen LogP contribution is -1.92. The first kappa shape index (κ1) is 6.57. The van der Waals surface area contributed by atoms with Gasteiger partial charge < -0.3 is 9.63 Å². The van der Waals surface area contributed by atoms with Gasteiger partial charge in [0, 0.05) is 0 Å². The molecule has 0 aliphatic carbocycles. The number of aliphatic hydroxyl groups excluding tert-OH is 1. The summed E-state index contributed by atoms with van der Waals surface area (Å²) in [6, 6.07) is 0. The first-order valence-electron chi connectivity index (χ1n) is 2.22. The predicted molar refractivity (Wildman–Crippen MR) is 33.0 cm³/mol. The Bertz CT molecular complexity index is 251. The van der Waals surface area contributed by atoms with Gasteiger partial charge in [0.05, 0.1) is 12.3 Å². The van der Waals surface area contributed by atoms with Crippen LogP contribution < -0.4 is 5.63 Å². The second-order valence-corrected chi connectivity index (χ2v) is 2.24. The molecule has 0 aliphatic heterocycles. The molecule has 0 saturated heterocycles. The molecule has 0 aromatic carbocycles. The van der Waals surface area contributed by atoms with Crippen molar-refractivity contribution in [2.45, 2.75) is 6.61 Å². The molecule has 2 N–H and O–H groups in total. The second kappa shape index (κ2) is 2.36. The molecule has 1 rings (SSSR count). The molecular weight excluding hydrogens is 190 g/mol. The molecule has 0 saturated carbocycles. The van der Waals surface area contributed by atoms with E-state index in [0.29, 0.717) is 5.69 Å². The molecule has 1 heterocycles. The van der Waals surface area contributed by atoms with Crippen molar-refractivity contribution in [2.24, 2.45) is 0 Å². The number of hydrogen-bond donors (Lipinski definition) is 2. The van der Waals surface area contributed by atoms with Crippen molar-refractivity contribution in [3.8, 4) is 0 Å². The van der Waals surface area contributed by atoms with Crippen molar-refractivity contribution >= 4 is 15.9 Å². The van der Waals surface area contributed by atoms with E-state index in [-0.39, 0.29) is 11.1 Å². The van der Waals surface area contributed by atoms with Crippen LogP contribution in [0, 0.1) is 0 Å². The Morgan fingerprint density at radius 2 is 2.44 bits per heavy atom. The molecule has 5 heteroatoms. The fourth-order valence-electron chi connectivity index (χ4n) is 0.422. The standard InChI is InChI=1S/C4H4BrNO3/c5-3-2(1-7)6-9-4(3)8/h6-7H,1H2. The smallest absolute Gasteiger partial charge is 0.371 e. The summed E-state index contributed by atoms with van der Waals surface area (Å²) in [5.41, 5.74) is -0.140. The van der Waals surface area contributed by atoms with Crippen LogP contribution >= 0.6 is 15.9 Å². The number of halogens is 1. The maximum absolute atomic E-state index is 10.4. The monoisotopic (exact) mass is 193 g/mol. The van der Waals surface area contributed by atoms with Gasteiger partial charge in [-0.3, -0.25) is 0 Å². The summed E-state index contributed by atoms with van der Waals surface area (Å²) < 4.78 is 4.55. The normalized spacial score (nSPS) is 10.0. The van der Waals surface area contributed by atoms with Gasteiger partial charge in [-0.2, -0.15) is 0 Å². The summed E-state index contributed by atoms with van der Waals surface area (Å²) in [4.78, 5) is 10.4. The zero-order valence-electron chi connectivity index (χ0n) is 4.35. The van der Waals surface area contributed by atoms with Crippen LogP contribution in [-0.4, -0.2) is 10.3 Å². The van der Waals surface area contributed by atoms with E-state index in [2.05, 4.69) is 25.6 Å². The Kier molecular flexibility index (Phi) is 1.73. The molecule has 0 amide bonds. The molecule has 1 aromatic heterocycles. The maximum Gasteiger partial charge on any atom is 0.371 e. The number of aromatic nitrogens is 1. The fourth-order valence-corrected chi connectivity index (χ4v) is 0.710. The van der Waals surface area contributed by atoms with Crippen LogP contribution in [0.1, 0.15) is 5.69 Å². The van der Waals surface area contributed by atoms with E-state index in [1.54, 1.807) is 0 Å². The van der Waals surface area contributed by atoms with E-state index in [0.717, 1.165) is 0 Å². The molecule has 1 aromatic rings. The van der Waals surface area contributed by atoms with E-state index in [1.807, 2.05) is 0 Å². The lowest BCUT2D eigenvalue weighted by Gasteiger charge is -1.82. The van der Waals surface area contributed by atoms with Gasteiger partial charge in [-0.25, -0.2) is 9.95 Å². The van der Waals surface area contributed by atoms with Crippen molar-refractivity contribution in [3.05, 3.63) is 20.6 Å². The number of aliphatic hydroxyl groups is 1. The summed E-state index contributed by atoms with van der Waals surface area (Å²) >= 11 is 2.91. The van der Waals surface area contributed by atoms with Gasteiger partial charge in [0.15, 0.2) is 0 Å². The van der Waals surface area contributed by atoms with Crippen molar-refractivity contribution in [1.29, 1.82) is 0 Å². The highest BCUT2D eigenvalue weighted by atomic mass is 79.9. The van der Waals surface area contributed by atoms with E-state index >= 15 is 0 Å². The molecule has 9 heavy (non-hydrogen) atoms. The number of aromatic amines is 1. The van der Waals surface area contributed by atoms with E-state index < -0.39 is 5.63 Å². The summed E-state index contributed by atoms with van der Waals surface area (Å²) in [6.07, 6.45) is 0. The number of rotatable bonds is 1. The summed E-state index contributed by atoms with van der Waals surface area (Å²) in [6.45, 7) is -0.230. The maximum atomic E-state index is 10.4. The molecule has 0 bridgehead atoms. The van der Waals surface area contributed by atoms with Crippen molar-refractivity contribution < 1.29 is 9.63 Å². The van der Waals surface area contributed by atoms with Crippen molar-refractivity contribution in [3.63, 3.8) is 0 Å². The average Bonchev–Trinajstić information content (AvgIpc) is 2.15. The molecule has 4 nitrogen and oxygen atoms in total. The van der Waals surface area contributed by atoms with Crippen LogP contribution in [-0.2, 0) is 6.61 Å². The highest BCUT2D eigenvalue weighted by molar-refractivity contribution is 9.10. The molecule has 0 spiro atoms. The minimum absolute atomic E-state index is 0.230. The Morgan fingerprint density at radius 3 is 2.67 bits per heavy atom. The average molecular weight is 194 g/mol. The summed E-state index contributed by atoms with van der Waals surface area (Å²) in [7, 11) is 0. The first-order chi connectivity index (χ1) is 4.25. The molecule has 0 radical (unpaired) electrons. The second-order valence-electron chi connectivity index (χ2n) is 1.44. The highest BCUT2D eigenvalue weighted by Gasteiger charge is 2.05. The Morgan fingerprint density at radius 1 is 1.78 bits per heavy atom. The SMILES string of the molecule is O=c1o[nH]c(CO)c1Br. The van der Waals surface area contributed by atoms with Crippen LogP contribution in [0.4, 0.5) is 0 Å². The van der Waals surface area contributed by atoms with Gasteiger partial charge >= 0.3 is 5.63 Å². The third kappa shape index (κ3) is 1.06. The Balaban J connectivity index is 3.20. The van der Waals surface area contributed by atoms with Gasteiger partial charge in [0.1, 0.15) is 4.47 Å². The van der Waals surface area contributed by atoms with Gasteiger partial charge in [0.25, 0.3) is 0 Å². The summed E-state index contributed by atoms with van der Waals surface area (Å²) in [5.74, 6) is 0. The fraction of sp³-hybridized carbons (Fsp3) is 0.250. The van der Waals surface area contributed by atoms with Gasteiger partial charge in [0.2, 0.25) is 0 Å². The van der Waals surface area contributed by atoms with Crippen LogP contribution in [0.15, 0.2) is 13.8 Å².